The topological polar surface area (TPSA) is 52.5 Å². The van der Waals surface area contributed by atoms with E-state index in [9.17, 15) is 14.6 Å². The van der Waals surface area contributed by atoms with Gasteiger partial charge in [0.1, 0.15) is 17.3 Å². The summed E-state index contributed by atoms with van der Waals surface area (Å²) in [5.74, 6) is -0.409. The smallest absolute Gasteiger partial charge is 0.146 e. The van der Waals surface area contributed by atoms with Crippen molar-refractivity contribution in [3.63, 3.8) is 0 Å². The summed E-state index contributed by atoms with van der Waals surface area (Å²) in [5, 5.41) is 22.5. The van der Waals surface area contributed by atoms with Crippen molar-refractivity contribution in [2.75, 3.05) is 5.32 Å². The zero-order valence-electron chi connectivity index (χ0n) is 10.8. The molecule has 0 aliphatic carbocycles. The Morgan fingerprint density at radius 3 is 2.37 bits per heavy atom. The molecule has 2 aromatic carbocycles. The molecule has 2 aromatic rings. The fourth-order valence-electron chi connectivity index (χ4n) is 2.04. The molecule has 0 heterocycles. The van der Waals surface area contributed by atoms with Gasteiger partial charge >= 0.3 is 0 Å². The van der Waals surface area contributed by atoms with Crippen LogP contribution in [0.4, 0.5) is 10.1 Å². The second-order valence-electron chi connectivity index (χ2n) is 4.56. The van der Waals surface area contributed by atoms with Crippen LogP contribution in [0.2, 0.25) is 0 Å². The number of phenols is 2. The predicted molar refractivity (Wildman–Crippen MR) is 72.9 cm³/mol. The third-order valence-corrected chi connectivity index (χ3v) is 2.99. The van der Waals surface area contributed by atoms with E-state index in [0.717, 1.165) is 5.56 Å². The lowest BCUT2D eigenvalue weighted by molar-refractivity contribution is 0.434. The van der Waals surface area contributed by atoms with E-state index >= 15 is 0 Å². The van der Waals surface area contributed by atoms with Crippen molar-refractivity contribution in [3.8, 4) is 11.5 Å². The van der Waals surface area contributed by atoms with E-state index in [4.69, 9.17) is 0 Å². The average molecular weight is 261 g/mol. The summed E-state index contributed by atoms with van der Waals surface area (Å²) in [6.07, 6.45) is 0. The lowest BCUT2D eigenvalue weighted by Crippen LogP contribution is -2.08. The number of nitrogens with one attached hydrogen (secondary N) is 1. The standard InChI is InChI=1S/C15H16FNO2/c1-9-6-7-11(16)12(8-9)17-10(2)15-13(18)4-3-5-14(15)19/h3-8,10,17-19H,1-2H3. The minimum Gasteiger partial charge on any atom is -0.507 e. The molecule has 0 aromatic heterocycles. The van der Waals surface area contributed by atoms with E-state index in [1.54, 1.807) is 25.1 Å². The third-order valence-electron chi connectivity index (χ3n) is 2.99. The van der Waals surface area contributed by atoms with Crippen molar-refractivity contribution in [1.82, 2.24) is 0 Å². The monoisotopic (exact) mass is 261 g/mol. The Morgan fingerprint density at radius 1 is 1.11 bits per heavy atom. The molecule has 0 saturated heterocycles. The molecule has 1 unspecified atom stereocenters. The average Bonchev–Trinajstić information content (AvgIpc) is 2.33. The van der Waals surface area contributed by atoms with E-state index in [2.05, 4.69) is 5.32 Å². The Hall–Kier alpha value is -2.23. The van der Waals surface area contributed by atoms with E-state index in [1.807, 2.05) is 6.92 Å². The maximum atomic E-state index is 13.7. The molecular weight excluding hydrogens is 245 g/mol. The summed E-state index contributed by atoms with van der Waals surface area (Å²) in [6, 6.07) is 8.85. The maximum Gasteiger partial charge on any atom is 0.146 e. The summed E-state index contributed by atoms with van der Waals surface area (Å²) in [4.78, 5) is 0. The first-order valence-electron chi connectivity index (χ1n) is 6.02. The second kappa shape index (κ2) is 5.18. The van der Waals surface area contributed by atoms with E-state index in [1.165, 1.54) is 18.2 Å². The molecule has 0 aliphatic rings. The van der Waals surface area contributed by atoms with Gasteiger partial charge in [0.2, 0.25) is 0 Å². The molecule has 0 fully saturated rings. The molecule has 2 rings (SSSR count). The molecule has 1 atom stereocenters. The zero-order valence-corrected chi connectivity index (χ0v) is 10.8. The van der Waals surface area contributed by atoms with Gasteiger partial charge in [0.15, 0.2) is 0 Å². The Morgan fingerprint density at radius 2 is 1.74 bits per heavy atom. The highest BCUT2D eigenvalue weighted by atomic mass is 19.1. The Kier molecular flexibility index (Phi) is 3.60. The number of anilines is 1. The van der Waals surface area contributed by atoms with Crippen LogP contribution in [-0.4, -0.2) is 10.2 Å². The molecule has 0 bridgehead atoms. The number of aromatic hydroxyl groups is 2. The molecule has 0 amide bonds. The molecule has 0 aliphatic heterocycles. The minimum atomic E-state index is -0.419. The van der Waals surface area contributed by atoms with Crippen LogP contribution in [0.25, 0.3) is 0 Å². The van der Waals surface area contributed by atoms with Crippen molar-refractivity contribution in [1.29, 1.82) is 0 Å². The number of rotatable bonds is 3. The summed E-state index contributed by atoms with van der Waals surface area (Å²) in [6.45, 7) is 3.61. The summed E-state index contributed by atoms with van der Waals surface area (Å²) < 4.78 is 13.7. The number of aryl methyl sites for hydroxylation is 1. The predicted octanol–water partition coefficient (Wildman–Crippen LogP) is 3.72. The van der Waals surface area contributed by atoms with Crippen molar-refractivity contribution in [2.24, 2.45) is 0 Å². The summed E-state index contributed by atoms with van der Waals surface area (Å²) in [7, 11) is 0. The van der Waals surface area contributed by atoms with Crippen molar-refractivity contribution in [3.05, 3.63) is 53.3 Å². The van der Waals surface area contributed by atoms with Gasteiger partial charge in [-0.15, -0.1) is 0 Å². The SMILES string of the molecule is Cc1ccc(F)c(NC(C)c2c(O)cccc2O)c1. The Balaban J connectivity index is 2.31. The van der Waals surface area contributed by atoms with Crippen LogP contribution in [0, 0.1) is 12.7 Å². The molecule has 3 N–H and O–H groups in total. The normalized spacial score (nSPS) is 12.2. The lowest BCUT2D eigenvalue weighted by Gasteiger charge is -2.18. The Bertz CT molecular complexity index is 578. The number of hydrogen-bond donors (Lipinski definition) is 3. The van der Waals surface area contributed by atoms with Crippen LogP contribution in [0.5, 0.6) is 11.5 Å². The molecule has 0 radical (unpaired) electrons. The van der Waals surface area contributed by atoms with E-state index in [-0.39, 0.29) is 17.3 Å². The van der Waals surface area contributed by atoms with Crippen LogP contribution in [0.3, 0.4) is 0 Å². The van der Waals surface area contributed by atoms with Gasteiger partial charge in [-0.05, 0) is 43.7 Å². The number of phenolic OH excluding ortho intramolecular Hbond substituents is 2. The lowest BCUT2D eigenvalue weighted by atomic mass is 10.1. The first-order chi connectivity index (χ1) is 8.99. The Labute approximate surface area is 111 Å². The second-order valence-corrected chi connectivity index (χ2v) is 4.56. The molecule has 3 nitrogen and oxygen atoms in total. The van der Waals surface area contributed by atoms with Crippen LogP contribution >= 0.6 is 0 Å². The van der Waals surface area contributed by atoms with Gasteiger partial charge < -0.3 is 15.5 Å². The van der Waals surface area contributed by atoms with E-state index in [0.29, 0.717) is 11.3 Å². The highest BCUT2D eigenvalue weighted by molar-refractivity contribution is 5.53. The molecule has 0 spiro atoms. The minimum absolute atomic E-state index is 0.0203. The van der Waals surface area contributed by atoms with Gasteiger partial charge in [0, 0.05) is 0 Å². The number of hydrogen-bond acceptors (Lipinski definition) is 3. The number of halogens is 1. The van der Waals surface area contributed by atoms with Gasteiger partial charge in [-0.3, -0.25) is 0 Å². The molecule has 19 heavy (non-hydrogen) atoms. The third kappa shape index (κ3) is 2.78. The molecule has 4 heteroatoms. The summed E-state index contributed by atoms with van der Waals surface area (Å²) in [5.41, 5.74) is 1.62. The van der Waals surface area contributed by atoms with Crippen molar-refractivity contribution in [2.45, 2.75) is 19.9 Å². The number of benzene rings is 2. The van der Waals surface area contributed by atoms with Gasteiger partial charge in [-0.25, -0.2) is 4.39 Å². The molecule has 0 saturated carbocycles. The van der Waals surface area contributed by atoms with Crippen LogP contribution < -0.4 is 5.32 Å². The van der Waals surface area contributed by atoms with Gasteiger partial charge in [-0.1, -0.05) is 12.1 Å². The molecule has 100 valence electrons. The fraction of sp³-hybridized carbons (Fsp3) is 0.200. The maximum absolute atomic E-state index is 13.7. The molecular formula is C15H16FNO2. The van der Waals surface area contributed by atoms with Crippen LogP contribution in [0.1, 0.15) is 24.1 Å². The fourth-order valence-corrected chi connectivity index (χ4v) is 2.04. The van der Waals surface area contributed by atoms with Crippen molar-refractivity contribution >= 4 is 5.69 Å². The first kappa shape index (κ1) is 13.2. The highest BCUT2D eigenvalue weighted by Gasteiger charge is 2.16. The van der Waals surface area contributed by atoms with Gasteiger partial charge in [0.25, 0.3) is 0 Å². The highest BCUT2D eigenvalue weighted by Crippen LogP contribution is 2.34. The quantitative estimate of drug-likeness (QED) is 0.789. The van der Waals surface area contributed by atoms with Gasteiger partial charge in [-0.2, -0.15) is 0 Å². The van der Waals surface area contributed by atoms with Crippen LogP contribution in [-0.2, 0) is 0 Å². The van der Waals surface area contributed by atoms with E-state index < -0.39 is 6.04 Å². The van der Waals surface area contributed by atoms with Crippen LogP contribution in [0.15, 0.2) is 36.4 Å². The largest absolute Gasteiger partial charge is 0.507 e. The first-order valence-corrected chi connectivity index (χ1v) is 6.02. The van der Waals surface area contributed by atoms with Gasteiger partial charge in [0.05, 0.1) is 17.3 Å². The zero-order chi connectivity index (χ0) is 14.0. The van der Waals surface area contributed by atoms with Crippen molar-refractivity contribution < 1.29 is 14.6 Å². The summed E-state index contributed by atoms with van der Waals surface area (Å²) >= 11 is 0.